The molecule has 0 aromatic rings. The molecule has 1 aliphatic carbocycles. The van der Waals surface area contributed by atoms with Gasteiger partial charge >= 0.3 is 0 Å². The minimum absolute atomic E-state index is 0.607. The molecule has 0 N–H and O–H groups in total. The van der Waals surface area contributed by atoms with Crippen LogP contribution in [0.1, 0.15) is 32.6 Å². The van der Waals surface area contributed by atoms with Gasteiger partial charge < -0.3 is 4.74 Å². The van der Waals surface area contributed by atoms with Crippen LogP contribution in [-0.4, -0.2) is 43.1 Å². The summed E-state index contributed by atoms with van der Waals surface area (Å²) in [6.07, 6.45) is 5.57. The van der Waals surface area contributed by atoms with Crippen LogP contribution in [0, 0.1) is 0 Å². The molecule has 0 aromatic carbocycles. The smallest absolute Gasteiger partial charge is 0.0602 e. The van der Waals surface area contributed by atoms with Crippen molar-refractivity contribution in [3.05, 3.63) is 0 Å². The topological polar surface area (TPSA) is 12.5 Å². The Hall–Kier alpha value is 0.210. The summed E-state index contributed by atoms with van der Waals surface area (Å²) in [5.41, 5.74) is 0. The number of halogens is 1. The maximum absolute atomic E-state index is 5.54. The van der Waals surface area contributed by atoms with Gasteiger partial charge in [-0.25, -0.2) is 0 Å². The monoisotopic (exact) mass is 219 g/mol. The van der Waals surface area contributed by atoms with Crippen LogP contribution in [0.15, 0.2) is 0 Å². The average molecular weight is 220 g/mol. The van der Waals surface area contributed by atoms with E-state index in [1.807, 2.05) is 0 Å². The summed E-state index contributed by atoms with van der Waals surface area (Å²) in [7, 11) is 0. The van der Waals surface area contributed by atoms with E-state index in [9.17, 15) is 0 Å². The van der Waals surface area contributed by atoms with Crippen LogP contribution in [0.4, 0.5) is 0 Å². The van der Waals surface area contributed by atoms with Crippen LogP contribution < -0.4 is 0 Å². The molecule has 0 atom stereocenters. The highest BCUT2D eigenvalue weighted by molar-refractivity contribution is 6.17. The quantitative estimate of drug-likeness (QED) is 0.482. The van der Waals surface area contributed by atoms with E-state index in [0.29, 0.717) is 12.5 Å². The Balaban J connectivity index is 2.11. The van der Waals surface area contributed by atoms with Crippen LogP contribution in [-0.2, 0) is 4.74 Å². The molecular formula is C11H22ClNO. The molecule has 14 heavy (non-hydrogen) atoms. The maximum Gasteiger partial charge on any atom is 0.0602 e. The lowest BCUT2D eigenvalue weighted by Gasteiger charge is -2.27. The van der Waals surface area contributed by atoms with Gasteiger partial charge in [0.05, 0.1) is 13.2 Å². The largest absolute Gasteiger partial charge is 0.379 e. The summed E-state index contributed by atoms with van der Waals surface area (Å²) in [4.78, 5) is 2.54. The summed E-state index contributed by atoms with van der Waals surface area (Å²) in [5, 5.41) is 0. The lowest BCUT2D eigenvalue weighted by molar-refractivity contribution is 0.0988. The third kappa shape index (κ3) is 4.16. The summed E-state index contributed by atoms with van der Waals surface area (Å²) in [6, 6.07) is 0.819. The molecule has 0 unspecified atom stereocenters. The van der Waals surface area contributed by atoms with Crippen molar-refractivity contribution in [3.8, 4) is 0 Å². The number of rotatable bonds is 7. The van der Waals surface area contributed by atoms with Gasteiger partial charge in [0.25, 0.3) is 0 Å². The summed E-state index contributed by atoms with van der Waals surface area (Å²) >= 11 is 5.54. The first-order valence-electron chi connectivity index (χ1n) is 5.76. The lowest BCUT2D eigenvalue weighted by Crippen LogP contribution is -2.35. The molecule has 1 saturated carbocycles. The number of likely N-dealkylation sites (N-methyl/N-ethyl adjacent to an activating group) is 1. The molecule has 1 rings (SSSR count). The highest BCUT2D eigenvalue weighted by atomic mass is 35.5. The number of alkyl halides is 1. The second-order valence-electron chi connectivity index (χ2n) is 3.87. The molecule has 2 nitrogen and oxygen atoms in total. The van der Waals surface area contributed by atoms with E-state index >= 15 is 0 Å². The predicted octanol–water partition coefficient (Wildman–Crippen LogP) is 2.51. The Kier molecular flexibility index (Phi) is 6.57. The fourth-order valence-electron chi connectivity index (χ4n) is 2.21. The zero-order valence-corrected chi connectivity index (χ0v) is 9.93. The first-order chi connectivity index (χ1) is 6.88. The van der Waals surface area contributed by atoms with Crippen molar-refractivity contribution in [3.63, 3.8) is 0 Å². The van der Waals surface area contributed by atoms with E-state index in [0.717, 1.165) is 25.7 Å². The van der Waals surface area contributed by atoms with Gasteiger partial charge in [0.2, 0.25) is 0 Å². The Morgan fingerprint density at radius 2 is 2.00 bits per heavy atom. The Bertz CT molecular complexity index is 137. The molecule has 1 fully saturated rings. The van der Waals surface area contributed by atoms with Crippen LogP contribution in [0.25, 0.3) is 0 Å². The van der Waals surface area contributed by atoms with Gasteiger partial charge in [0.15, 0.2) is 0 Å². The third-order valence-electron chi connectivity index (χ3n) is 2.99. The molecule has 0 radical (unpaired) electrons. The van der Waals surface area contributed by atoms with E-state index in [2.05, 4.69) is 11.8 Å². The zero-order valence-electron chi connectivity index (χ0n) is 9.17. The Morgan fingerprint density at radius 1 is 1.29 bits per heavy atom. The molecule has 84 valence electrons. The van der Waals surface area contributed by atoms with Gasteiger partial charge in [-0.05, 0) is 19.4 Å². The molecule has 0 heterocycles. The van der Waals surface area contributed by atoms with Crippen LogP contribution in [0.3, 0.4) is 0 Å². The predicted molar refractivity (Wildman–Crippen MR) is 61.0 cm³/mol. The average Bonchev–Trinajstić information content (AvgIpc) is 2.71. The minimum Gasteiger partial charge on any atom is -0.379 e. The summed E-state index contributed by atoms with van der Waals surface area (Å²) in [5.74, 6) is 0.607. The van der Waals surface area contributed by atoms with Crippen LogP contribution in [0.5, 0.6) is 0 Å². The zero-order chi connectivity index (χ0) is 10.2. The molecule has 0 aliphatic heterocycles. The van der Waals surface area contributed by atoms with Gasteiger partial charge in [-0.15, -0.1) is 11.6 Å². The lowest BCUT2D eigenvalue weighted by atomic mass is 10.2. The van der Waals surface area contributed by atoms with Crippen LogP contribution >= 0.6 is 11.6 Å². The maximum atomic E-state index is 5.54. The van der Waals surface area contributed by atoms with Crippen LogP contribution in [0.2, 0.25) is 0 Å². The molecule has 1 aliphatic rings. The van der Waals surface area contributed by atoms with Crippen molar-refractivity contribution in [2.75, 3.05) is 32.2 Å². The molecule has 0 bridgehead atoms. The second-order valence-corrected chi connectivity index (χ2v) is 4.25. The normalized spacial score (nSPS) is 18.2. The van der Waals surface area contributed by atoms with Crippen molar-refractivity contribution in [2.45, 2.75) is 38.6 Å². The van der Waals surface area contributed by atoms with E-state index < -0.39 is 0 Å². The van der Waals surface area contributed by atoms with Crippen molar-refractivity contribution in [2.24, 2.45) is 0 Å². The fraction of sp³-hybridized carbons (Fsp3) is 1.00. The van der Waals surface area contributed by atoms with E-state index in [4.69, 9.17) is 16.3 Å². The van der Waals surface area contributed by atoms with Crippen molar-refractivity contribution in [1.82, 2.24) is 4.90 Å². The highest BCUT2D eigenvalue weighted by Crippen LogP contribution is 2.22. The summed E-state index contributed by atoms with van der Waals surface area (Å²) in [6.45, 7) is 5.97. The standard InChI is InChI=1S/C11H22ClNO/c1-2-13(8-10-14-9-7-12)11-5-3-4-6-11/h11H,2-10H2,1H3. The molecule has 0 amide bonds. The molecular weight excluding hydrogens is 198 g/mol. The summed E-state index contributed by atoms with van der Waals surface area (Å²) < 4.78 is 5.40. The van der Waals surface area contributed by atoms with Gasteiger partial charge in [-0.3, -0.25) is 4.90 Å². The number of hydrogen-bond acceptors (Lipinski definition) is 2. The number of hydrogen-bond donors (Lipinski definition) is 0. The van der Waals surface area contributed by atoms with E-state index in [-0.39, 0.29) is 0 Å². The number of nitrogens with zero attached hydrogens (tertiary/aromatic N) is 1. The fourth-order valence-corrected chi connectivity index (χ4v) is 2.32. The van der Waals surface area contributed by atoms with Gasteiger partial charge in [0, 0.05) is 18.5 Å². The Morgan fingerprint density at radius 3 is 2.57 bits per heavy atom. The Labute approximate surface area is 92.6 Å². The van der Waals surface area contributed by atoms with Gasteiger partial charge in [0.1, 0.15) is 0 Å². The minimum atomic E-state index is 0.607. The first kappa shape index (κ1) is 12.3. The van der Waals surface area contributed by atoms with E-state index in [1.54, 1.807) is 0 Å². The first-order valence-corrected chi connectivity index (χ1v) is 6.29. The highest BCUT2D eigenvalue weighted by Gasteiger charge is 2.20. The second kappa shape index (κ2) is 7.49. The van der Waals surface area contributed by atoms with Crippen molar-refractivity contribution in [1.29, 1.82) is 0 Å². The molecule has 0 spiro atoms. The SMILES string of the molecule is CCN(CCOCCCl)C1CCCC1. The molecule has 3 heteroatoms. The third-order valence-corrected chi connectivity index (χ3v) is 3.15. The van der Waals surface area contributed by atoms with Crippen molar-refractivity contribution >= 4 is 11.6 Å². The van der Waals surface area contributed by atoms with Gasteiger partial charge in [-0.1, -0.05) is 19.8 Å². The number of ether oxygens (including phenoxy) is 1. The molecule has 0 aromatic heterocycles. The van der Waals surface area contributed by atoms with Crippen molar-refractivity contribution < 1.29 is 4.74 Å². The van der Waals surface area contributed by atoms with E-state index in [1.165, 1.54) is 25.7 Å². The van der Waals surface area contributed by atoms with Gasteiger partial charge in [-0.2, -0.15) is 0 Å². The molecule has 0 saturated heterocycles.